The highest BCUT2D eigenvalue weighted by atomic mass is 32.2. The first-order valence-electron chi connectivity index (χ1n) is 11.5. The molecule has 0 atom stereocenters. The maximum absolute atomic E-state index is 13.1. The second-order valence-corrected chi connectivity index (χ2v) is 15.7. The zero-order valence-corrected chi connectivity index (χ0v) is 22.4. The predicted molar refractivity (Wildman–Crippen MR) is 131 cm³/mol. The summed E-state index contributed by atoms with van der Waals surface area (Å²) in [5.74, 6) is 0.216. The van der Waals surface area contributed by atoms with Gasteiger partial charge in [-0.1, -0.05) is 41.5 Å². The first kappa shape index (κ1) is 26.8. The number of carbonyl (C=O) groups is 1. The number of carbonyl (C=O) groups excluding carboxylic acids is 1. The Hall–Kier alpha value is -1.40. The van der Waals surface area contributed by atoms with E-state index in [1.165, 1.54) is 0 Å². The van der Waals surface area contributed by atoms with Crippen LogP contribution < -0.4 is 0 Å². The Balaban J connectivity index is 2.19. The highest BCUT2D eigenvalue weighted by Gasteiger charge is 2.52. The molecule has 0 unspecified atom stereocenters. The number of phenols is 1. The Morgan fingerprint density at radius 1 is 0.969 bits per heavy atom. The smallest absolute Gasteiger partial charge is 0.165 e. The fourth-order valence-corrected chi connectivity index (χ4v) is 6.96. The number of Topliss-reactive ketones (excluding diaryl/α,β-unsaturated/α-hetero) is 1. The van der Waals surface area contributed by atoms with Crippen molar-refractivity contribution in [3.05, 3.63) is 28.8 Å². The predicted octanol–water partition coefficient (Wildman–Crippen LogP) is 5.71. The van der Waals surface area contributed by atoms with Crippen LogP contribution in [0.15, 0.2) is 12.1 Å². The summed E-state index contributed by atoms with van der Waals surface area (Å²) in [5, 5.41) is 10.9. The summed E-state index contributed by atoms with van der Waals surface area (Å²) >= 11 is 0. The van der Waals surface area contributed by atoms with Crippen LogP contribution in [0.5, 0.6) is 5.75 Å². The molecular weight excluding hydrogens is 424 g/mol. The molecule has 1 aromatic carbocycles. The van der Waals surface area contributed by atoms with Gasteiger partial charge >= 0.3 is 0 Å². The van der Waals surface area contributed by atoms with E-state index < -0.39 is 19.3 Å². The Kier molecular flexibility index (Phi) is 7.07. The maximum atomic E-state index is 13.1. The van der Waals surface area contributed by atoms with Crippen molar-refractivity contribution in [2.75, 3.05) is 6.61 Å². The first-order valence-corrected chi connectivity index (χ1v) is 13.0. The van der Waals surface area contributed by atoms with E-state index in [2.05, 4.69) is 0 Å². The summed E-state index contributed by atoms with van der Waals surface area (Å²) in [6.07, 6.45) is 0.858. The number of phenolic OH excluding ortho intramolecular Hbond substituents is 1. The molecule has 0 amide bonds. The fraction of sp³-hybridized carbons (Fsp3) is 0.731. The second kappa shape index (κ2) is 8.43. The lowest BCUT2D eigenvalue weighted by atomic mass is 9.78. The number of aromatic hydroxyl groups is 1. The van der Waals surface area contributed by atoms with E-state index in [1.807, 2.05) is 41.5 Å². The minimum atomic E-state index is -3.27. The van der Waals surface area contributed by atoms with Gasteiger partial charge in [0.15, 0.2) is 15.6 Å². The molecule has 0 saturated carbocycles. The lowest BCUT2D eigenvalue weighted by Crippen LogP contribution is -2.54. The molecule has 1 N–H and O–H groups in total. The standard InChI is InChI=1S/C26H42O5S/c1-23(2,3)19-13-17(14-20(22(19)28)24(4,5)6)21(27)11-12-31-18-15-25(7,8)32(29,30)26(9,10)16-18/h13-14,18,28H,11-12,15-16H2,1-10H3. The molecule has 0 aromatic heterocycles. The highest BCUT2D eigenvalue weighted by molar-refractivity contribution is 7.94. The molecule has 6 heteroatoms. The molecule has 1 fully saturated rings. The van der Waals surface area contributed by atoms with Gasteiger partial charge in [0, 0.05) is 23.1 Å². The molecule has 1 aliphatic heterocycles. The van der Waals surface area contributed by atoms with Gasteiger partial charge in [-0.05, 0) is 63.5 Å². The van der Waals surface area contributed by atoms with Crippen LogP contribution in [0.4, 0.5) is 0 Å². The van der Waals surface area contributed by atoms with Crippen molar-refractivity contribution in [1.82, 2.24) is 0 Å². The van der Waals surface area contributed by atoms with Crippen LogP contribution in [-0.2, 0) is 25.4 Å². The zero-order valence-electron chi connectivity index (χ0n) is 21.5. The average molecular weight is 467 g/mol. The minimum absolute atomic E-state index is 0.0389. The number of benzene rings is 1. The van der Waals surface area contributed by atoms with Crippen molar-refractivity contribution >= 4 is 15.6 Å². The molecule has 0 bridgehead atoms. The van der Waals surface area contributed by atoms with Crippen molar-refractivity contribution in [2.24, 2.45) is 0 Å². The summed E-state index contributed by atoms with van der Waals surface area (Å²) in [5.41, 5.74) is 1.49. The monoisotopic (exact) mass is 466 g/mol. The molecule has 182 valence electrons. The molecule has 0 spiro atoms. The van der Waals surface area contributed by atoms with Crippen molar-refractivity contribution in [2.45, 2.75) is 115 Å². The highest BCUT2D eigenvalue weighted by Crippen LogP contribution is 2.43. The lowest BCUT2D eigenvalue weighted by molar-refractivity contribution is 0.0232. The van der Waals surface area contributed by atoms with E-state index in [0.717, 1.165) is 11.1 Å². The van der Waals surface area contributed by atoms with Crippen LogP contribution in [0.2, 0.25) is 0 Å². The molecule has 1 aromatic rings. The van der Waals surface area contributed by atoms with Crippen LogP contribution in [0.25, 0.3) is 0 Å². The van der Waals surface area contributed by atoms with Gasteiger partial charge in [-0.3, -0.25) is 4.79 Å². The fourth-order valence-electron chi connectivity index (χ4n) is 4.66. The summed E-state index contributed by atoms with van der Waals surface area (Å²) in [6.45, 7) is 19.4. The molecule has 1 saturated heterocycles. The molecule has 0 radical (unpaired) electrons. The number of rotatable bonds is 5. The van der Waals surface area contributed by atoms with E-state index in [1.54, 1.807) is 39.8 Å². The molecule has 0 aliphatic carbocycles. The van der Waals surface area contributed by atoms with Gasteiger partial charge in [0.1, 0.15) is 5.75 Å². The SMILES string of the molecule is CC(C)(C)c1cc(C(=O)CCOC2CC(C)(C)S(=O)(=O)C(C)(C)C2)cc(C(C)(C)C)c1O. The summed E-state index contributed by atoms with van der Waals surface area (Å²) in [6, 6.07) is 3.60. The van der Waals surface area contributed by atoms with Crippen molar-refractivity contribution in [3.63, 3.8) is 0 Å². The molecule has 5 nitrogen and oxygen atoms in total. The van der Waals surface area contributed by atoms with Gasteiger partial charge in [-0.2, -0.15) is 0 Å². The number of hydrogen-bond acceptors (Lipinski definition) is 5. The van der Waals surface area contributed by atoms with E-state index in [0.29, 0.717) is 18.4 Å². The molecule has 1 aliphatic rings. The van der Waals surface area contributed by atoms with Gasteiger partial charge < -0.3 is 9.84 Å². The number of ketones is 1. The molecular formula is C26H42O5S. The van der Waals surface area contributed by atoms with Crippen LogP contribution in [0.3, 0.4) is 0 Å². The zero-order chi connectivity index (χ0) is 24.9. The molecule has 1 heterocycles. The maximum Gasteiger partial charge on any atom is 0.165 e. The molecule has 32 heavy (non-hydrogen) atoms. The van der Waals surface area contributed by atoms with E-state index in [9.17, 15) is 18.3 Å². The van der Waals surface area contributed by atoms with Crippen LogP contribution in [-0.4, -0.2) is 41.5 Å². The quantitative estimate of drug-likeness (QED) is 0.562. The molecule has 2 rings (SSSR count). The number of sulfone groups is 1. The number of ether oxygens (including phenoxy) is 1. The van der Waals surface area contributed by atoms with Gasteiger partial charge in [0.25, 0.3) is 0 Å². The summed E-state index contributed by atoms with van der Waals surface area (Å²) in [7, 11) is -3.27. The van der Waals surface area contributed by atoms with Crippen LogP contribution >= 0.6 is 0 Å². The Morgan fingerprint density at radius 3 is 1.75 bits per heavy atom. The van der Waals surface area contributed by atoms with E-state index in [4.69, 9.17) is 4.74 Å². The van der Waals surface area contributed by atoms with Crippen molar-refractivity contribution in [1.29, 1.82) is 0 Å². The van der Waals surface area contributed by atoms with E-state index in [-0.39, 0.29) is 41.5 Å². The second-order valence-electron chi connectivity index (χ2n) is 12.5. The Labute approximate surface area is 194 Å². The third kappa shape index (κ3) is 5.22. The largest absolute Gasteiger partial charge is 0.507 e. The third-order valence-corrected chi connectivity index (χ3v) is 9.87. The topological polar surface area (TPSA) is 80.7 Å². The Bertz CT molecular complexity index is 913. The lowest BCUT2D eigenvalue weighted by Gasteiger charge is -2.44. The number of hydrogen-bond donors (Lipinski definition) is 1. The first-order chi connectivity index (χ1) is 14.2. The van der Waals surface area contributed by atoms with Gasteiger partial charge in [-0.25, -0.2) is 8.42 Å². The van der Waals surface area contributed by atoms with Crippen LogP contribution in [0.1, 0.15) is 110 Å². The third-order valence-electron chi connectivity index (χ3n) is 6.62. The average Bonchev–Trinajstić information content (AvgIpc) is 2.57. The Morgan fingerprint density at radius 2 is 1.38 bits per heavy atom. The van der Waals surface area contributed by atoms with Crippen molar-refractivity contribution in [3.8, 4) is 5.75 Å². The van der Waals surface area contributed by atoms with Gasteiger partial charge in [-0.15, -0.1) is 0 Å². The minimum Gasteiger partial charge on any atom is -0.507 e. The van der Waals surface area contributed by atoms with Gasteiger partial charge in [0.2, 0.25) is 0 Å². The van der Waals surface area contributed by atoms with Crippen LogP contribution in [0, 0.1) is 0 Å². The van der Waals surface area contributed by atoms with Crippen molar-refractivity contribution < 1.29 is 23.1 Å². The normalized spacial score (nSPS) is 20.8. The summed E-state index contributed by atoms with van der Waals surface area (Å²) < 4.78 is 29.9. The summed E-state index contributed by atoms with van der Waals surface area (Å²) in [4.78, 5) is 13.1. The van der Waals surface area contributed by atoms with E-state index >= 15 is 0 Å². The van der Waals surface area contributed by atoms with Gasteiger partial charge in [0.05, 0.1) is 22.2 Å².